The van der Waals surface area contributed by atoms with E-state index in [9.17, 15) is 19.2 Å². The maximum Gasteiger partial charge on any atom is 0.307 e. The summed E-state index contributed by atoms with van der Waals surface area (Å²) in [5.41, 5.74) is 0.818. The van der Waals surface area contributed by atoms with E-state index in [2.05, 4.69) is 5.32 Å². The third-order valence-corrected chi connectivity index (χ3v) is 5.31. The summed E-state index contributed by atoms with van der Waals surface area (Å²) < 4.78 is 5.66. The predicted octanol–water partition coefficient (Wildman–Crippen LogP) is 0.415. The lowest BCUT2D eigenvalue weighted by molar-refractivity contribution is -0.145. The Balaban J connectivity index is 1.45. The van der Waals surface area contributed by atoms with Crippen molar-refractivity contribution in [2.24, 2.45) is 11.8 Å². The smallest absolute Gasteiger partial charge is 0.307 e. The molecule has 1 aromatic carbocycles. The highest BCUT2D eigenvalue weighted by Crippen LogP contribution is 2.48. The van der Waals surface area contributed by atoms with Gasteiger partial charge in [-0.2, -0.15) is 0 Å². The Morgan fingerprint density at radius 3 is 2.35 bits per heavy atom. The number of amides is 3. The fraction of sp³-hybridized carbons (Fsp3) is 0.444. The quantitative estimate of drug-likeness (QED) is 0.738. The lowest BCUT2D eigenvalue weighted by Gasteiger charge is -2.17. The zero-order valence-corrected chi connectivity index (χ0v) is 13.9. The zero-order chi connectivity index (χ0) is 18.4. The first-order valence-corrected chi connectivity index (χ1v) is 8.56. The summed E-state index contributed by atoms with van der Waals surface area (Å²) in [6, 6.07) is 6.55. The molecule has 3 aliphatic heterocycles. The van der Waals surface area contributed by atoms with Gasteiger partial charge in [0.05, 0.1) is 30.5 Å². The van der Waals surface area contributed by atoms with Gasteiger partial charge in [-0.15, -0.1) is 0 Å². The van der Waals surface area contributed by atoms with Crippen LogP contribution in [0, 0.1) is 11.8 Å². The summed E-state index contributed by atoms with van der Waals surface area (Å²) in [6.07, 6.45) is 0.876. The molecule has 0 saturated carbocycles. The van der Waals surface area contributed by atoms with E-state index in [1.807, 2.05) is 0 Å². The molecule has 0 spiro atoms. The number of carbonyl (C=O) groups excluding carboxylic acids is 3. The molecule has 3 saturated heterocycles. The monoisotopic (exact) mass is 358 g/mol. The molecule has 2 bridgehead atoms. The molecule has 0 aliphatic carbocycles. The molecule has 136 valence electrons. The number of benzene rings is 1. The van der Waals surface area contributed by atoms with Gasteiger partial charge in [0.25, 0.3) is 0 Å². The van der Waals surface area contributed by atoms with Crippen molar-refractivity contribution in [1.29, 1.82) is 0 Å². The second kappa shape index (κ2) is 6.21. The largest absolute Gasteiger partial charge is 0.481 e. The van der Waals surface area contributed by atoms with Crippen molar-refractivity contribution < 1.29 is 29.0 Å². The molecule has 8 heteroatoms. The minimum Gasteiger partial charge on any atom is -0.481 e. The van der Waals surface area contributed by atoms with Gasteiger partial charge < -0.3 is 15.2 Å². The van der Waals surface area contributed by atoms with E-state index in [1.54, 1.807) is 24.3 Å². The van der Waals surface area contributed by atoms with E-state index in [1.165, 1.54) is 0 Å². The molecule has 26 heavy (non-hydrogen) atoms. The van der Waals surface area contributed by atoms with Crippen LogP contribution < -0.4 is 5.32 Å². The highest BCUT2D eigenvalue weighted by Gasteiger charge is 2.62. The van der Waals surface area contributed by atoms with Crippen LogP contribution in [0.3, 0.4) is 0 Å². The number of carboxylic acid groups (broad SMARTS) is 1. The number of imide groups is 1. The second-order valence-corrected chi connectivity index (χ2v) is 6.88. The van der Waals surface area contributed by atoms with Gasteiger partial charge in [0.2, 0.25) is 17.7 Å². The number of hydrogen-bond acceptors (Lipinski definition) is 5. The van der Waals surface area contributed by atoms with Crippen molar-refractivity contribution in [1.82, 2.24) is 4.90 Å². The maximum atomic E-state index is 12.6. The van der Waals surface area contributed by atoms with Gasteiger partial charge in [0.15, 0.2) is 0 Å². The van der Waals surface area contributed by atoms with Crippen LogP contribution in [0.2, 0.25) is 0 Å². The molecule has 1 aromatic rings. The normalized spacial score (nSPS) is 29.2. The lowest BCUT2D eigenvalue weighted by atomic mass is 9.81. The summed E-state index contributed by atoms with van der Waals surface area (Å²) in [4.78, 5) is 49.4. The lowest BCUT2D eigenvalue weighted by Crippen LogP contribution is -2.40. The molecule has 4 unspecified atom stereocenters. The highest BCUT2D eigenvalue weighted by atomic mass is 16.5. The molecule has 0 radical (unpaired) electrons. The average molecular weight is 358 g/mol. The fourth-order valence-electron chi connectivity index (χ4n) is 4.22. The van der Waals surface area contributed by atoms with Crippen LogP contribution in [0.15, 0.2) is 24.3 Å². The minimum atomic E-state index is -1.01. The topological polar surface area (TPSA) is 113 Å². The predicted molar refractivity (Wildman–Crippen MR) is 88.0 cm³/mol. The van der Waals surface area contributed by atoms with Crippen molar-refractivity contribution in [3.8, 4) is 0 Å². The number of nitrogens with zero attached hydrogens (tertiary/aromatic N) is 1. The Morgan fingerprint density at radius 2 is 1.73 bits per heavy atom. The van der Waals surface area contributed by atoms with Crippen LogP contribution >= 0.6 is 0 Å². The minimum absolute atomic E-state index is 0.217. The molecular formula is C18H18N2O6. The molecule has 4 atom stereocenters. The Morgan fingerprint density at radius 1 is 1.12 bits per heavy atom. The number of rotatable bonds is 5. The van der Waals surface area contributed by atoms with Gasteiger partial charge in [-0.1, -0.05) is 18.2 Å². The third kappa shape index (κ3) is 2.66. The number of ether oxygens (including phenoxy) is 1. The number of carbonyl (C=O) groups is 4. The first kappa shape index (κ1) is 16.7. The Bertz CT molecular complexity index is 779. The van der Waals surface area contributed by atoms with E-state index in [0.29, 0.717) is 11.3 Å². The second-order valence-electron chi connectivity index (χ2n) is 6.88. The number of carboxylic acids is 1. The van der Waals surface area contributed by atoms with Crippen LogP contribution in [0.4, 0.5) is 5.69 Å². The van der Waals surface area contributed by atoms with Crippen molar-refractivity contribution in [3.63, 3.8) is 0 Å². The summed E-state index contributed by atoms with van der Waals surface area (Å²) >= 11 is 0. The molecule has 8 nitrogen and oxygen atoms in total. The molecule has 3 aliphatic rings. The van der Waals surface area contributed by atoms with Crippen LogP contribution in [0.25, 0.3) is 0 Å². The summed E-state index contributed by atoms with van der Waals surface area (Å²) in [5, 5.41) is 11.6. The molecule has 0 aromatic heterocycles. The average Bonchev–Trinajstić information content (AvgIpc) is 3.26. The Kier molecular flexibility index (Phi) is 3.99. The number of para-hydroxylation sites is 1. The van der Waals surface area contributed by atoms with Crippen LogP contribution in [0.5, 0.6) is 0 Å². The van der Waals surface area contributed by atoms with Gasteiger partial charge in [-0.3, -0.25) is 24.1 Å². The molecule has 3 fully saturated rings. The number of likely N-dealkylation sites (tertiary alicyclic amines) is 1. The standard InChI is InChI=1S/C18H18N2O6/c21-13(19-10-4-2-1-3-9(10)7-14(22)23)8-20-17(24)15-11-5-6-12(26-11)16(15)18(20)25/h1-4,11-12,15-16H,5-8H2,(H,19,21)(H,22,23). The van der Waals surface area contributed by atoms with Gasteiger partial charge in [0.1, 0.15) is 6.54 Å². The molecule has 3 heterocycles. The SMILES string of the molecule is O=C(O)Cc1ccccc1NC(=O)CN1C(=O)C2C3CCC(O3)C2C1=O. The molecular weight excluding hydrogens is 340 g/mol. The number of fused-ring (bicyclic) bond motifs is 5. The van der Waals surface area contributed by atoms with Crippen molar-refractivity contribution in [2.45, 2.75) is 31.5 Å². The van der Waals surface area contributed by atoms with E-state index < -0.39 is 23.7 Å². The van der Waals surface area contributed by atoms with E-state index in [4.69, 9.17) is 9.84 Å². The first-order valence-electron chi connectivity index (χ1n) is 8.56. The first-order chi connectivity index (χ1) is 12.5. The zero-order valence-electron chi connectivity index (χ0n) is 13.9. The third-order valence-electron chi connectivity index (χ3n) is 5.31. The highest BCUT2D eigenvalue weighted by molar-refractivity contribution is 6.09. The number of hydrogen-bond donors (Lipinski definition) is 2. The fourth-order valence-corrected chi connectivity index (χ4v) is 4.22. The van der Waals surface area contributed by atoms with E-state index >= 15 is 0 Å². The Labute approximate surface area is 149 Å². The summed E-state index contributed by atoms with van der Waals surface area (Å²) in [5.74, 6) is -3.17. The van der Waals surface area contributed by atoms with Crippen LogP contribution in [0.1, 0.15) is 18.4 Å². The molecule has 4 rings (SSSR count). The summed E-state index contributed by atoms with van der Waals surface area (Å²) in [6.45, 7) is -0.370. The van der Waals surface area contributed by atoms with Gasteiger partial charge in [-0.05, 0) is 24.5 Å². The molecule has 2 N–H and O–H groups in total. The number of anilines is 1. The van der Waals surface area contributed by atoms with E-state index in [0.717, 1.165) is 17.7 Å². The number of nitrogens with one attached hydrogen (secondary N) is 1. The van der Waals surface area contributed by atoms with Crippen LogP contribution in [-0.2, 0) is 30.3 Å². The van der Waals surface area contributed by atoms with Crippen molar-refractivity contribution in [3.05, 3.63) is 29.8 Å². The van der Waals surface area contributed by atoms with Crippen molar-refractivity contribution >= 4 is 29.4 Å². The van der Waals surface area contributed by atoms with Crippen molar-refractivity contribution in [2.75, 3.05) is 11.9 Å². The van der Waals surface area contributed by atoms with E-state index in [-0.39, 0.29) is 37.0 Å². The Hall–Kier alpha value is -2.74. The maximum absolute atomic E-state index is 12.6. The van der Waals surface area contributed by atoms with Crippen LogP contribution in [-0.4, -0.2) is 52.4 Å². The van der Waals surface area contributed by atoms with Gasteiger partial charge in [0, 0.05) is 5.69 Å². The number of aliphatic carboxylic acids is 1. The van der Waals surface area contributed by atoms with Gasteiger partial charge in [-0.25, -0.2) is 0 Å². The molecule has 3 amide bonds. The summed E-state index contributed by atoms with van der Waals surface area (Å²) in [7, 11) is 0. The van der Waals surface area contributed by atoms with Gasteiger partial charge >= 0.3 is 5.97 Å².